The van der Waals surface area contributed by atoms with Crippen molar-refractivity contribution in [2.45, 2.75) is 19.4 Å². The van der Waals surface area contributed by atoms with Crippen molar-refractivity contribution in [1.29, 1.82) is 0 Å². The Labute approximate surface area is 128 Å². The molecule has 0 amide bonds. The minimum Gasteiger partial charge on any atom is -0.485 e. The molecule has 1 heterocycles. The van der Waals surface area contributed by atoms with Crippen LogP contribution < -0.4 is 4.74 Å². The summed E-state index contributed by atoms with van der Waals surface area (Å²) in [5.74, 6) is 0.801. The van der Waals surface area contributed by atoms with Crippen molar-refractivity contribution < 1.29 is 4.74 Å². The molecule has 2 aromatic carbocycles. The summed E-state index contributed by atoms with van der Waals surface area (Å²) >= 11 is 5.94. The zero-order chi connectivity index (χ0) is 14.7. The number of ether oxygens (including phenoxy) is 1. The van der Waals surface area contributed by atoms with Crippen LogP contribution in [0.4, 0.5) is 0 Å². The molecule has 0 N–H and O–H groups in total. The first-order valence-corrected chi connectivity index (χ1v) is 7.26. The molecule has 0 aliphatic rings. The Morgan fingerprint density at radius 1 is 1.14 bits per heavy atom. The van der Waals surface area contributed by atoms with Gasteiger partial charge >= 0.3 is 0 Å². The maximum absolute atomic E-state index is 6.18. The minimum absolute atomic E-state index is 0.0203. The lowest BCUT2D eigenvalue weighted by atomic mass is 10.1. The van der Waals surface area contributed by atoms with Crippen molar-refractivity contribution in [3.63, 3.8) is 0 Å². The fourth-order valence-electron chi connectivity index (χ4n) is 2.30. The molecule has 0 saturated carbocycles. The van der Waals surface area contributed by atoms with Crippen molar-refractivity contribution >= 4 is 22.5 Å². The molecule has 1 unspecified atom stereocenters. The van der Waals surface area contributed by atoms with Gasteiger partial charge in [-0.05, 0) is 36.2 Å². The number of hydrogen-bond acceptors (Lipinski definition) is 3. The number of aromatic nitrogens is 2. The molecule has 0 spiro atoms. The number of halogens is 1. The third-order valence-electron chi connectivity index (χ3n) is 3.39. The summed E-state index contributed by atoms with van der Waals surface area (Å²) in [7, 11) is 0. The predicted octanol–water partition coefficient (Wildman–Crippen LogP) is 4.81. The number of rotatable bonds is 4. The Hall–Kier alpha value is -2.13. The third-order valence-corrected chi connectivity index (χ3v) is 3.64. The van der Waals surface area contributed by atoms with Crippen LogP contribution in [0.3, 0.4) is 0 Å². The molecule has 1 aromatic heterocycles. The number of fused-ring (bicyclic) bond motifs is 1. The molecule has 0 radical (unpaired) electrons. The van der Waals surface area contributed by atoms with Gasteiger partial charge in [-0.25, -0.2) is 9.97 Å². The molecule has 1 atom stereocenters. The Kier molecular flexibility index (Phi) is 4.02. The monoisotopic (exact) mass is 298 g/mol. The number of benzene rings is 2. The smallest absolute Gasteiger partial charge is 0.131 e. The zero-order valence-corrected chi connectivity index (χ0v) is 12.4. The van der Waals surface area contributed by atoms with Crippen LogP contribution in [0.25, 0.3) is 10.9 Å². The van der Waals surface area contributed by atoms with E-state index in [4.69, 9.17) is 16.3 Å². The Morgan fingerprint density at radius 2 is 1.95 bits per heavy atom. The van der Waals surface area contributed by atoms with E-state index >= 15 is 0 Å². The average Bonchev–Trinajstić information content (AvgIpc) is 2.54. The molecule has 0 aliphatic carbocycles. The molecular weight excluding hydrogens is 284 g/mol. The quantitative estimate of drug-likeness (QED) is 0.693. The van der Waals surface area contributed by atoms with E-state index in [9.17, 15) is 0 Å². The van der Waals surface area contributed by atoms with Crippen LogP contribution in [-0.2, 0) is 0 Å². The van der Waals surface area contributed by atoms with E-state index in [1.807, 2.05) is 42.5 Å². The molecule has 0 saturated heterocycles. The summed E-state index contributed by atoms with van der Waals surface area (Å²) < 4.78 is 6.18. The predicted molar refractivity (Wildman–Crippen MR) is 84.7 cm³/mol. The van der Waals surface area contributed by atoms with Crippen molar-refractivity contribution in [2.24, 2.45) is 0 Å². The highest BCUT2D eigenvalue weighted by Gasteiger charge is 2.13. The molecular formula is C17H15ClN2O. The first kappa shape index (κ1) is 13.8. The van der Waals surface area contributed by atoms with Crippen LogP contribution in [0, 0.1) is 0 Å². The summed E-state index contributed by atoms with van der Waals surface area (Å²) in [6.07, 6.45) is 4.17. The Morgan fingerprint density at radius 3 is 2.71 bits per heavy atom. The van der Waals surface area contributed by atoms with Gasteiger partial charge in [0.25, 0.3) is 0 Å². The van der Waals surface area contributed by atoms with Crippen molar-refractivity contribution in [3.8, 4) is 5.75 Å². The van der Waals surface area contributed by atoms with Crippen LogP contribution in [-0.4, -0.2) is 9.97 Å². The highest BCUT2D eigenvalue weighted by atomic mass is 35.5. The molecule has 0 bridgehead atoms. The van der Waals surface area contributed by atoms with E-state index < -0.39 is 0 Å². The highest BCUT2D eigenvalue weighted by Crippen LogP contribution is 2.30. The van der Waals surface area contributed by atoms with Gasteiger partial charge in [0, 0.05) is 11.2 Å². The standard InChI is InChI=1S/C17H15ClN2O/c1-2-16(12-6-8-13(18)9-7-12)21-17-5-3-4-15-14(17)10-19-11-20-15/h3-11,16H,2H2,1H3. The molecule has 0 aliphatic heterocycles. The summed E-state index contributed by atoms with van der Waals surface area (Å²) in [6, 6.07) is 13.6. The van der Waals surface area contributed by atoms with Crippen LogP contribution in [0.2, 0.25) is 5.02 Å². The lowest BCUT2D eigenvalue weighted by Gasteiger charge is -2.19. The SMILES string of the molecule is CCC(Oc1cccc2ncncc12)c1ccc(Cl)cc1. The summed E-state index contributed by atoms with van der Waals surface area (Å²) in [4.78, 5) is 8.33. The van der Waals surface area contributed by atoms with Crippen molar-refractivity contribution in [3.05, 3.63) is 65.6 Å². The minimum atomic E-state index is -0.0203. The van der Waals surface area contributed by atoms with Crippen LogP contribution in [0.1, 0.15) is 25.0 Å². The van der Waals surface area contributed by atoms with E-state index in [1.54, 1.807) is 12.5 Å². The van der Waals surface area contributed by atoms with Gasteiger partial charge in [-0.15, -0.1) is 0 Å². The van der Waals surface area contributed by atoms with Crippen molar-refractivity contribution in [2.75, 3.05) is 0 Å². The third kappa shape index (κ3) is 2.98. The molecule has 0 fully saturated rings. The van der Waals surface area contributed by atoms with Gasteiger partial charge in [-0.3, -0.25) is 0 Å². The Balaban J connectivity index is 1.94. The average molecular weight is 299 g/mol. The highest BCUT2D eigenvalue weighted by molar-refractivity contribution is 6.30. The van der Waals surface area contributed by atoms with E-state index in [1.165, 1.54) is 0 Å². The molecule has 3 nitrogen and oxygen atoms in total. The van der Waals surface area contributed by atoms with Gasteiger partial charge in [0.2, 0.25) is 0 Å². The van der Waals surface area contributed by atoms with Gasteiger partial charge < -0.3 is 4.74 Å². The first-order valence-electron chi connectivity index (χ1n) is 6.89. The summed E-state index contributed by atoms with van der Waals surface area (Å²) in [6.45, 7) is 2.10. The fourth-order valence-corrected chi connectivity index (χ4v) is 2.42. The Bertz CT molecular complexity index is 738. The second-order valence-corrected chi connectivity index (χ2v) is 5.21. The largest absolute Gasteiger partial charge is 0.485 e. The van der Waals surface area contributed by atoms with Crippen molar-refractivity contribution in [1.82, 2.24) is 9.97 Å². The molecule has 3 aromatic rings. The zero-order valence-electron chi connectivity index (χ0n) is 11.7. The van der Waals surface area contributed by atoms with E-state index in [2.05, 4.69) is 16.9 Å². The number of nitrogens with zero attached hydrogens (tertiary/aromatic N) is 2. The van der Waals surface area contributed by atoms with Crippen LogP contribution in [0.5, 0.6) is 5.75 Å². The van der Waals surface area contributed by atoms with Gasteiger partial charge in [0.05, 0.1) is 10.9 Å². The molecule has 106 valence electrons. The van der Waals surface area contributed by atoms with E-state index in [0.717, 1.165) is 33.7 Å². The molecule has 4 heteroatoms. The van der Waals surface area contributed by atoms with Gasteiger partial charge in [0.15, 0.2) is 0 Å². The van der Waals surface area contributed by atoms with Crippen LogP contribution >= 0.6 is 11.6 Å². The lowest BCUT2D eigenvalue weighted by Crippen LogP contribution is -2.06. The normalized spacial score (nSPS) is 12.3. The summed E-state index contributed by atoms with van der Waals surface area (Å²) in [5, 5.41) is 1.65. The van der Waals surface area contributed by atoms with Gasteiger partial charge in [0.1, 0.15) is 18.2 Å². The molecule has 21 heavy (non-hydrogen) atoms. The van der Waals surface area contributed by atoms with E-state index in [0.29, 0.717) is 0 Å². The van der Waals surface area contributed by atoms with Gasteiger partial charge in [-0.1, -0.05) is 36.7 Å². The lowest BCUT2D eigenvalue weighted by molar-refractivity contribution is 0.204. The van der Waals surface area contributed by atoms with E-state index in [-0.39, 0.29) is 6.10 Å². The summed E-state index contributed by atoms with van der Waals surface area (Å²) in [5.41, 5.74) is 1.99. The number of hydrogen-bond donors (Lipinski definition) is 0. The van der Waals surface area contributed by atoms with Gasteiger partial charge in [-0.2, -0.15) is 0 Å². The topological polar surface area (TPSA) is 35.0 Å². The van der Waals surface area contributed by atoms with Crippen LogP contribution in [0.15, 0.2) is 55.0 Å². The second kappa shape index (κ2) is 6.10. The maximum Gasteiger partial charge on any atom is 0.131 e. The fraction of sp³-hybridized carbons (Fsp3) is 0.176. The first-order chi connectivity index (χ1) is 10.3. The second-order valence-electron chi connectivity index (χ2n) is 4.78. The maximum atomic E-state index is 6.18. The molecule has 3 rings (SSSR count).